The SMILES string of the molecule is CN(C)C(=O)n1ccc(-c2ccccc2)n1. The number of aromatic nitrogens is 2. The van der Waals surface area contributed by atoms with Crippen molar-refractivity contribution in [3.8, 4) is 11.3 Å². The van der Waals surface area contributed by atoms with E-state index in [0.717, 1.165) is 11.3 Å². The maximum absolute atomic E-state index is 11.6. The summed E-state index contributed by atoms with van der Waals surface area (Å²) in [5.74, 6) is 0. The third kappa shape index (κ3) is 1.95. The zero-order valence-electron chi connectivity index (χ0n) is 9.29. The Hall–Kier alpha value is -2.10. The summed E-state index contributed by atoms with van der Waals surface area (Å²) < 4.78 is 1.34. The van der Waals surface area contributed by atoms with Crippen molar-refractivity contribution in [2.45, 2.75) is 0 Å². The number of nitrogens with zero attached hydrogens (tertiary/aromatic N) is 3. The van der Waals surface area contributed by atoms with E-state index in [1.807, 2.05) is 36.4 Å². The van der Waals surface area contributed by atoms with Crippen molar-refractivity contribution in [3.05, 3.63) is 42.6 Å². The molecule has 0 N–H and O–H groups in total. The van der Waals surface area contributed by atoms with E-state index in [1.54, 1.807) is 20.3 Å². The Morgan fingerprint density at radius 3 is 2.50 bits per heavy atom. The zero-order chi connectivity index (χ0) is 11.5. The smallest absolute Gasteiger partial charge is 0.329 e. The highest BCUT2D eigenvalue weighted by atomic mass is 16.2. The maximum Gasteiger partial charge on any atom is 0.344 e. The molecule has 1 amide bonds. The molecule has 1 aromatic heterocycles. The fourth-order valence-electron chi connectivity index (χ4n) is 1.40. The molecule has 2 aromatic rings. The summed E-state index contributed by atoms with van der Waals surface area (Å²) in [4.78, 5) is 13.1. The summed E-state index contributed by atoms with van der Waals surface area (Å²) in [6.07, 6.45) is 1.67. The lowest BCUT2D eigenvalue weighted by molar-refractivity contribution is 0.216. The third-order valence-electron chi connectivity index (χ3n) is 2.24. The summed E-state index contributed by atoms with van der Waals surface area (Å²) in [6.45, 7) is 0. The highest BCUT2D eigenvalue weighted by Gasteiger charge is 2.09. The Balaban J connectivity index is 2.30. The van der Waals surface area contributed by atoms with Crippen molar-refractivity contribution >= 4 is 6.03 Å². The van der Waals surface area contributed by atoms with Crippen molar-refractivity contribution in [2.24, 2.45) is 0 Å². The summed E-state index contributed by atoms with van der Waals surface area (Å²) >= 11 is 0. The standard InChI is InChI=1S/C12H13N3O/c1-14(2)12(16)15-9-8-11(13-15)10-6-4-3-5-7-10/h3-9H,1-2H3. The van der Waals surface area contributed by atoms with Gasteiger partial charge in [-0.2, -0.15) is 9.78 Å². The molecule has 0 bridgehead atoms. The molecule has 16 heavy (non-hydrogen) atoms. The van der Waals surface area contributed by atoms with Crippen LogP contribution >= 0.6 is 0 Å². The normalized spacial score (nSPS) is 10.1. The van der Waals surface area contributed by atoms with Gasteiger partial charge in [0.15, 0.2) is 0 Å². The van der Waals surface area contributed by atoms with Crippen LogP contribution in [0, 0.1) is 0 Å². The molecule has 4 nitrogen and oxygen atoms in total. The lowest BCUT2D eigenvalue weighted by Gasteiger charge is -2.08. The zero-order valence-corrected chi connectivity index (χ0v) is 9.29. The summed E-state index contributed by atoms with van der Waals surface area (Å²) in [6, 6.07) is 11.5. The molecular formula is C12H13N3O. The molecular weight excluding hydrogens is 202 g/mol. The average Bonchev–Trinajstić information content (AvgIpc) is 2.78. The summed E-state index contributed by atoms with van der Waals surface area (Å²) in [5, 5.41) is 4.23. The number of amides is 1. The topological polar surface area (TPSA) is 38.1 Å². The highest BCUT2D eigenvalue weighted by Crippen LogP contribution is 2.15. The average molecular weight is 215 g/mol. The number of benzene rings is 1. The van der Waals surface area contributed by atoms with E-state index in [2.05, 4.69) is 5.10 Å². The molecule has 0 saturated carbocycles. The van der Waals surface area contributed by atoms with Crippen molar-refractivity contribution < 1.29 is 4.79 Å². The first-order valence-corrected chi connectivity index (χ1v) is 5.01. The van der Waals surface area contributed by atoms with Crippen LogP contribution in [0.2, 0.25) is 0 Å². The maximum atomic E-state index is 11.6. The van der Waals surface area contributed by atoms with E-state index >= 15 is 0 Å². The van der Waals surface area contributed by atoms with Crippen molar-refractivity contribution in [1.82, 2.24) is 14.7 Å². The number of hydrogen-bond acceptors (Lipinski definition) is 2. The third-order valence-corrected chi connectivity index (χ3v) is 2.24. The van der Waals surface area contributed by atoms with Gasteiger partial charge in [0.2, 0.25) is 0 Å². The van der Waals surface area contributed by atoms with Gasteiger partial charge in [-0.1, -0.05) is 30.3 Å². The number of carbonyl (C=O) groups excluding carboxylic acids is 1. The Bertz CT molecular complexity index is 488. The number of rotatable bonds is 1. The van der Waals surface area contributed by atoms with Gasteiger partial charge in [-0.25, -0.2) is 4.79 Å². The van der Waals surface area contributed by atoms with E-state index in [0.29, 0.717) is 0 Å². The van der Waals surface area contributed by atoms with Crippen molar-refractivity contribution in [2.75, 3.05) is 14.1 Å². The molecule has 0 aliphatic heterocycles. The van der Waals surface area contributed by atoms with Gasteiger partial charge < -0.3 is 4.90 Å². The van der Waals surface area contributed by atoms with E-state index < -0.39 is 0 Å². The Morgan fingerprint density at radius 2 is 1.88 bits per heavy atom. The van der Waals surface area contributed by atoms with Crippen LogP contribution in [0.1, 0.15) is 0 Å². The van der Waals surface area contributed by atoms with Crippen LogP contribution in [-0.4, -0.2) is 34.8 Å². The van der Waals surface area contributed by atoms with Crippen LogP contribution in [-0.2, 0) is 0 Å². The minimum absolute atomic E-state index is 0.151. The lowest BCUT2D eigenvalue weighted by atomic mass is 10.2. The Kier molecular flexibility index (Phi) is 2.72. The van der Waals surface area contributed by atoms with Gasteiger partial charge in [0.25, 0.3) is 0 Å². The summed E-state index contributed by atoms with van der Waals surface area (Å²) in [5.41, 5.74) is 1.81. The van der Waals surface area contributed by atoms with E-state index in [4.69, 9.17) is 0 Å². The number of carbonyl (C=O) groups is 1. The van der Waals surface area contributed by atoms with Crippen LogP contribution in [0.15, 0.2) is 42.6 Å². The molecule has 0 aliphatic carbocycles. The fraction of sp³-hybridized carbons (Fsp3) is 0.167. The minimum Gasteiger partial charge on any atom is -0.329 e. The van der Waals surface area contributed by atoms with Gasteiger partial charge in [0, 0.05) is 25.9 Å². The van der Waals surface area contributed by atoms with Crippen LogP contribution < -0.4 is 0 Å². The molecule has 82 valence electrons. The van der Waals surface area contributed by atoms with E-state index in [1.165, 1.54) is 9.58 Å². The first-order chi connectivity index (χ1) is 7.68. The van der Waals surface area contributed by atoms with Crippen LogP contribution in [0.3, 0.4) is 0 Å². The second-order valence-electron chi connectivity index (χ2n) is 3.69. The Morgan fingerprint density at radius 1 is 1.19 bits per heavy atom. The van der Waals surface area contributed by atoms with E-state index in [-0.39, 0.29) is 6.03 Å². The molecule has 0 radical (unpaired) electrons. The molecule has 0 unspecified atom stereocenters. The highest BCUT2D eigenvalue weighted by molar-refractivity contribution is 5.76. The summed E-state index contributed by atoms with van der Waals surface area (Å²) in [7, 11) is 3.40. The predicted octanol–water partition coefficient (Wildman–Crippen LogP) is 2.08. The first-order valence-electron chi connectivity index (χ1n) is 5.01. The van der Waals surface area contributed by atoms with Gasteiger partial charge in [-0.15, -0.1) is 0 Å². The monoisotopic (exact) mass is 215 g/mol. The second kappa shape index (κ2) is 4.18. The van der Waals surface area contributed by atoms with Gasteiger partial charge in [-0.3, -0.25) is 0 Å². The van der Waals surface area contributed by atoms with Gasteiger partial charge >= 0.3 is 6.03 Å². The van der Waals surface area contributed by atoms with Gasteiger partial charge in [0.05, 0.1) is 5.69 Å². The molecule has 4 heteroatoms. The quantitative estimate of drug-likeness (QED) is 0.730. The fourth-order valence-corrected chi connectivity index (χ4v) is 1.40. The molecule has 0 saturated heterocycles. The van der Waals surface area contributed by atoms with Crippen LogP contribution in [0.4, 0.5) is 4.79 Å². The lowest BCUT2D eigenvalue weighted by Crippen LogP contribution is -2.27. The molecule has 0 aliphatic rings. The van der Waals surface area contributed by atoms with Gasteiger partial charge in [0.1, 0.15) is 0 Å². The first kappa shape index (κ1) is 10.4. The molecule has 1 heterocycles. The Labute approximate surface area is 94.1 Å². The second-order valence-corrected chi connectivity index (χ2v) is 3.69. The van der Waals surface area contributed by atoms with Crippen LogP contribution in [0.5, 0.6) is 0 Å². The molecule has 0 atom stereocenters. The largest absolute Gasteiger partial charge is 0.344 e. The number of hydrogen-bond donors (Lipinski definition) is 0. The molecule has 1 aromatic carbocycles. The molecule has 0 fully saturated rings. The van der Waals surface area contributed by atoms with Crippen molar-refractivity contribution in [3.63, 3.8) is 0 Å². The van der Waals surface area contributed by atoms with E-state index in [9.17, 15) is 4.79 Å². The van der Waals surface area contributed by atoms with Gasteiger partial charge in [-0.05, 0) is 6.07 Å². The molecule has 2 rings (SSSR count). The minimum atomic E-state index is -0.151. The van der Waals surface area contributed by atoms with Crippen molar-refractivity contribution in [1.29, 1.82) is 0 Å². The predicted molar refractivity (Wildman–Crippen MR) is 62.1 cm³/mol. The molecule has 0 spiro atoms. The van der Waals surface area contributed by atoms with Crippen LogP contribution in [0.25, 0.3) is 11.3 Å².